The zero-order chi connectivity index (χ0) is 13.8. The Kier molecular flexibility index (Phi) is 4.61. The van der Waals surface area contributed by atoms with Crippen molar-refractivity contribution >= 4 is 37.7 Å². The monoisotopic (exact) mass is 382 g/mol. The van der Waals surface area contributed by atoms with Crippen molar-refractivity contribution in [3.8, 4) is 5.75 Å². The Hall–Kier alpha value is -1.33. The van der Waals surface area contributed by atoms with Gasteiger partial charge >= 0.3 is 0 Å². The van der Waals surface area contributed by atoms with Crippen LogP contribution >= 0.6 is 31.9 Å². The number of rotatable bonds is 4. The summed E-state index contributed by atoms with van der Waals surface area (Å²) in [4.78, 5) is 0. The van der Waals surface area contributed by atoms with Crippen LogP contribution in [0.1, 0.15) is 11.1 Å². The lowest BCUT2D eigenvalue weighted by Gasteiger charge is -2.11. The highest BCUT2D eigenvalue weighted by Crippen LogP contribution is 2.24. The largest absolute Gasteiger partial charge is 0.488 e. The molecule has 2 rings (SSSR count). The molecule has 0 bridgehead atoms. The fourth-order valence-corrected chi connectivity index (χ4v) is 2.43. The lowest BCUT2D eigenvalue weighted by Crippen LogP contribution is -2.13. The molecule has 0 aliphatic carbocycles. The smallest absolute Gasteiger partial charge is 0.130 e. The summed E-state index contributed by atoms with van der Waals surface area (Å²) in [6.45, 7) is 0.432. The maximum atomic E-state index is 7.56. The van der Waals surface area contributed by atoms with Crippen molar-refractivity contribution in [3.63, 3.8) is 0 Å². The van der Waals surface area contributed by atoms with Crippen LogP contribution in [0.15, 0.2) is 51.4 Å². The normalized spacial score (nSPS) is 10.2. The van der Waals surface area contributed by atoms with E-state index in [1.54, 1.807) is 12.1 Å². The lowest BCUT2D eigenvalue weighted by molar-refractivity contribution is 0.305. The molecule has 0 saturated heterocycles. The second-order valence-electron chi connectivity index (χ2n) is 3.97. The van der Waals surface area contributed by atoms with Crippen LogP contribution < -0.4 is 10.5 Å². The number of nitrogens with one attached hydrogen (secondary N) is 1. The molecule has 0 aromatic heterocycles. The Morgan fingerprint density at radius 1 is 1.11 bits per heavy atom. The van der Waals surface area contributed by atoms with E-state index in [-0.39, 0.29) is 5.84 Å². The topological polar surface area (TPSA) is 59.1 Å². The van der Waals surface area contributed by atoms with Gasteiger partial charge in [0.1, 0.15) is 18.2 Å². The van der Waals surface area contributed by atoms with E-state index in [1.165, 1.54) is 0 Å². The van der Waals surface area contributed by atoms with E-state index in [1.807, 2.05) is 30.3 Å². The Labute approximate surface area is 128 Å². The average Bonchev–Trinajstić information content (AvgIpc) is 2.37. The van der Waals surface area contributed by atoms with Crippen LogP contribution in [-0.4, -0.2) is 5.84 Å². The number of nitrogens with two attached hydrogens (primary N) is 1. The number of benzene rings is 2. The van der Waals surface area contributed by atoms with Crippen molar-refractivity contribution in [2.75, 3.05) is 0 Å². The number of hydrogen-bond acceptors (Lipinski definition) is 2. The molecule has 2 aromatic carbocycles. The summed E-state index contributed by atoms with van der Waals surface area (Å²) in [5, 5.41) is 7.56. The van der Waals surface area contributed by atoms with Gasteiger partial charge in [-0.2, -0.15) is 0 Å². The molecule has 2 aromatic rings. The summed E-state index contributed by atoms with van der Waals surface area (Å²) in [5.41, 5.74) is 7.19. The molecule has 0 aliphatic rings. The van der Waals surface area contributed by atoms with Crippen LogP contribution in [-0.2, 0) is 6.61 Å². The van der Waals surface area contributed by atoms with Crippen LogP contribution in [0.25, 0.3) is 0 Å². The molecule has 3 N–H and O–H groups in total. The number of amidine groups is 1. The quantitative estimate of drug-likeness (QED) is 0.617. The third-order valence-corrected chi connectivity index (χ3v) is 3.50. The van der Waals surface area contributed by atoms with E-state index in [0.717, 1.165) is 14.5 Å². The fraction of sp³-hybridized carbons (Fsp3) is 0.0714. The van der Waals surface area contributed by atoms with Gasteiger partial charge in [-0.1, -0.05) is 44.0 Å². The van der Waals surface area contributed by atoms with Gasteiger partial charge in [-0.05, 0) is 35.9 Å². The molecule has 0 unspecified atom stereocenters. The summed E-state index contributed by atoms with van der Waals surface area (Å²) in [6, 6.07) is 13.3. The first-order valence-corrected chi connectivity index (χ1v) is 7.16. The minimum absolute atomic E-state index is 0.00876. The first kappa shape index (κ1) is 14.1. The molecule has 19 heavy (non-hydrogen) atoms. The van der Waals surface area contributed by atoms with Gasteiger partial charge in [0.15, 0.2) is 0 Å². The van der Waals surface area contributed by atoms with Crippen LogP contribution in [0.3, 0.4) is 0 Å². The molecule has 0 atom stereocenters. The Morgan fingerprint density at radius 2 is 1.84 bits per heavy atom. The van der Waals surface area contributed by atoms with Gasteiger partial charge in [0.25, 0.3) is 0 Å². The van der Waals surface area contributed by atoms with Gasteiger partial charge in [0, 0.05) is 8.95 Å². The minimum Gasteiger partial charge on any atom is -0.488 e. The van der Waals surface area contributed by atoms with E-state index in [2.05, 4.69) is 31.9 Å². The van der Waals surface area contributed by atoms with Crippen LogP contribution in [0.2, 0.25) is 0 Å². The second kappa shape index (κ2) is 6.21. The SMILES string of the molecule is N=C(N)c1cc(Br)ccc1OCc1cccc(Br)c1. The molecule has 5 heteroatoms. The third-order valence-electron chi connectivity index (χ3n) is 2.52. The second-order valence-corrected chi connectivity index (χ2v) is 5.80. The van der Waals surface area contributed by atoms with Gasteiger partial charge in [-0.15, -0.1) is 0 Å². The highest BCUT2D eigenvalue weighted by molar-refractivity contribution is 9.10. The van der Waals surface area contributed by atoms with Gasteiger partial charge in [-0.25, -0.2) is 0 Å². The fourth-order valence-electron chi connectivity index (χ4n) is 1.63. The number of hydrogen-bond donors (Lipinski definition) is 2. The van der Waals surface area contributed by atoms with Crippen LogP contribution in [0, 0.1) is 5.41 Å². The highest BCUT2D eigenvalue weighted by Gasteiger charge is 2.07. The molecule has 0 amide bonds. The first-order valence-electron chi connectivity index (χ1n) is 5.57. The van der Waals surface area contributed by atoms with Crippen molar-refractivity contribution in [1.82, 2.24) is 0 Å². The Balaban J connectivity index is 2.17. The van der Waals surface area contributed by atoms with Gasteiger partial charge < -0.3 is 10.5 Å². The minimum atomic E-state index is -0.00876. The summed E-state index contributed by atoms with van der Waals surface area (Å²) >= 11 is 6.78. The molecular weight excluding hydrogens is 372 g/mol. The van der Waals surface area contributed by atoms with Gasteiger partial charge in [0.05, 0.1) is 5.56 Å². The molecule has 0 spiro atoms. The van der Waals surface area contributed by atoms with E-state index in [4.69, 9.17) is 15.9 Å². The van der Waals surface area contributed by atoms with Crippen molar-refractivity contribution in [1.29, 1.82) is 5.41 Å². The summed E-state index contributed by atoms with van der Waals surface area (Å²) < 4.78 is 7.61. The molecule has 0 radical (unpaired) electrons. The lowest BCUT2D eigenvalue weighted by atomic mass is 10.2. The molecule has 0 saturated carbocycles. The molecule has 0 heterocycles. The Bertz CT molecular complexity index is 614. The molecule has 0 aliphatic heterocycles. The van der Waals surface area contributed by atoms with Crippen molar-refractivity contribution in [2.45, 2.75) is 6.61 Å². The van der Waals surface area contributed by atoms with Crippen molar-refractivity contribution in [2.24, 2.45) is 5.73 Å². The van der Waals surface area contributed by atoms with E-state index in [9.17, 15) is 0 Å². The number of ether oxygens (including phenoxy) is 1. The van der Waals surface area contributed by atoms with Crippen LogP contribution in [0.5, 0.6) is 5.75 Å². The third kappa shape index (κ3) is 3.81. The van der Waals surface area contributed by atoms with E-state index >= 15 is 0 Å². The number of halogens is 2. The zero-order valence-electron chi connectivity index (χ0n) is 9.99. The Morgan fingerprint density at radius 3 is 2.53 bits per heavy atom. The molecule has 3 nitrogen and oxygen atoms in total. The predicted molar refractivity (Wildman–Crippen MR) is 83.6 cm³/mol. The summed E-state index contributed by atoms with van der Waals surface area (Å²) in [5.74, 6) is 0.598. The summed E-state index contributed by atoms with van der Waals surface area (Å²) in [6.07, 6.45) is 0. The zero-order valence-corrected chi connectivity index (χ0v) is 13.2. The van der Waals surface area contributed by atoms with Gasteiger partial charge in [0.2, 0.25) is 0 Å². The molecule has 98 valence electrons. The molecule has 0 fully saturated rings. The maximum Gasteiger partial charge on any atom is 0.130 e. The standard InChI is InChI=1S/C14H12Br2N2O/c15-10-3-1-2-9(6-10)8-19-13-5-4-11(16)7-12(13)14(17)18/h1-7H,8H2,(H3,17,18). The van der Waals surface area contributed by atoms with Crippen molar-refractivity contribution in [3.05, 3.63) is 62.5 Å². The van der Waals surface area contributed by atoms with Crippen molar-refractivity contribution < 1.29 is 4.74 Å². The number of nitrogen functional groups attached to an aromatic ring is 1. The average molecular weight is 384 g/mol. The molecular formula is C14H12Br2N2O. The maximum absolute atomic E-state index is 7.56. The first-order chi connectivity index (χ1) is 9.06. The van der Waals surface area contributed by atoms with Gasteiger partial charge in [-0.3, -0.25) is 5.41 Å². The summed E-state index contributed by atoms with van der Waals surface area (Å²) in [7, 11) is 0. The van der Waals surface area contributed by atoms with E-state index in [0.29, 0.717) is 17.9 Å². The van der Waals surface area contributed by atoms with E-state index < -0.39 is 0 Å². The predicted octanol–water partition coefficient (Wildman–Crippen LogP) is 4.07. The van der Waals surface area contributed by atoms with Crippen LogP contribution in [0.4, 0.5) is 0 Å². The highest BCUT2D eigenvalue weighted by atomic mass is 79.9.